The van der Waals surface area contributed by atoms with Crippen molar-refractivity contribution in [2.24, 2.45) is 7.05 Å². The van der Waals surface area contributed by atoms with Crippen LogP contribution in [0.15, 0.2) is 12.4 Å². The minimum atomic E-state index is -3.92. The fourth-order valence-electron chi connectivity index (χ4n) is 1.01. The van der Waals surface area contributed by atoms with Gasteiger partial charge in [-0.15, -0.1) is 0 Å². The lowest BCUT2D eigenvalue weighted by Crippen LogP contribution is -2.33. The zero-order chi connectivity index (χ0) is 12.8. The molecule has 0 saturated carbocycles. The molecule has 1 heterocycles. The molecular weight excluding hydrogens is 236 g/mol. The summed E-state index contributed by atoms with van der Waals surface area (Å²) < 4.78 is 34.1. The third-order valence-corrected chi connectivity index (χ3v) is 1.66. The Morgan fingerprint density at radius 3 is 2.44 bits per heavy atom. The van der Waals surface area contributed by atoms with Crippen molar-refractivity contribution in [3.05, 3.63) is 18.2 Å². The van der Waals surface area contributed by atoms with Crippen LogP contribution in [0.2, 0.25) is 0 Å². The Balaban J connectivity index is 0.000000385. The number of aliphatic hydroxyl groups excluding tert-OH is 1. The average Bonchev–Trinajstić information content (AvgIpc) is 2.52. The maximum absolute atomic E-state index is 9.08. The van der Waals surface area contributed by atoms with Crippen LogP contribution in [0.3, 0.4) is 0 Å². The number of aromatic amines is 1. The van der Waals surface area contributed by atoms with Crippen LogP contribution >= 0.6 is 0 Å². The predicted molar refractivity (Wildman–Crippen MR) is 54.4 cm³/mol. The number of nitrogens with one attached hydrogen (secondary N) is 1. The van der Waals surface area contributed by atoms with Crippen molar-refractivity contribution >= 4 is 10.1 Å². The van der Waals surface area contributed by atoms with Gasteiger partial charge in [-0.3, -0.25) is 0 Å². The van der Waals surface area contributed by atoms with Gasteiger partial charge < -0.3 is 14.4 Å². The van der Waals surface area contributed by atoms with Crippen LogP contribution < -0.4 is 4.57 Å². The number of imidazole rings is 1. The van der Waals surface area contributed by atoms with Crippen molar-refractivity contribution in [3.63, 3.8) is 0 Å². The number of H-pyrrole nitrogens is 1. The number of hydrogen-bond acceptors (Lipinski definition) is 5. The number of nitrogens with zero attached hydrogens (tertiary/aromatic N) is 1. The maximum atomic E-state index is 9.08. The Hall–Kier alpha value is -0.960. The molecular formula is C8H16N2O5S. The van der Waals surface area contributed by atoms with E-state index in [0.29, 0.717) is 6.26 Å². The first-order valence-electron chi connectivity index (χ1n) is 4.37. The van der Waals surface area contributed by atoms with E-state index in [0.717, 1.165) is 5.82 Å². The summed E-state index contributed by atoms with van der Waals surface area (Å²) in [5.74, 6) is 0.870. The largest absolute Gasteiger partial charge is 0.748 e. The number of hydrogen-bond donors (Lipinski definition) is 2. The second-order valence-electron chi connectivity index (χ2n) is 3.07. The standard InChI is InChI=1S/C7H12N2O2.CH4O3S/c1-9-4-3-8-7(9)6(5-10)11-2;1-5(2,3)4/h3-4,6,10H,5H2,1-2H3;1H3,(H,2,3,4). The van der Waals surface area contributed by atoms with Crippen LogP contribution in [0.25, 0.3) is 0 Å². The monoisotopic (exact) mass is 252 g/mol. The molecule has 0 saturated heterocycles. The predicted octanol–water partition coefficient (Wildman–Crippen LogP) is -1.32. The molecule has 1 aromatic rings. The van der Waals surface area contributed by atoms with Crippen LogP contribution in [0.1, 0.15) is 11.9 Å². The van der Waals surface area contributed by atoms with Crippen LogP contribution in [0.4, 0.5) is 0 Å². The molecule has 1 rings (SSSR count). The van der Waals surface area contributed by atoms with Crippen molar-refractivity contribution in [1.82, 2.24) is 4.98 Å². The second-order valence-corrected chi connectivity index (χ2v) is 4.48. The molecule has 94 valence electrons. The molecule has 1 unspecified atom stereocenters. The number of aliphatic hydroxyl groups is 1. The normalized spacial score (nSPS) is 12.8. The Morgan fingerprint density at radius 1 is 1.69 bits per heavy atom. The molecule has 0 aliphatic rings. The van der Waals surface area contributed by atoms with Crippen LogP contribution in [0.5, 0.6) is 0 Å². The summed E-state index contributed by atoms with van der Waals surface area (Å²) in [5, 5.41) is 8.86. The van der Waals surface area contributed by atoms with Gasteiger partial charge in [0.05, 0.1) is 23.8 Å². The summed E-state index contributed by atoms with van der Waals surface area (Å²) in [6.45, 7) is -0.00907. The van der Waals surface area contributed by atoms with Gasteiger partial charge in [-0.05, 0) is 0 Å². The first kappa shape index (κ1) is 15.0. The molecule has 16 heavy (non-hydrogen) atoms. The zero-order valence-electron chi connectivity index (χ0n) is 9.37. The first-order chi connectivity index (χ1) is 7.29. The Labute approximate surface area is 94.4 Å². The van der Waals surface area contributed by atoms with Gasteiger partial charge in [-0.2, -0.15) is 0 Å². The molecule has 0 aliphatic carbocycles. The Bertz CT molecular complexity index is 388. The smallest absolute Gasteiger partial charge is 0.286 e. The van der Waals surface area contributed by atoms with E-state index in [4.69, 9.17) is 22.8 Å². The van der Waals surface area contributed by atoms with Crippen LogP contribution in [0, 0.1) is 0 Å². The summed E-state index contributed by atoms with van der Waals surface area (Å²) in [7, 11) is -0.449. The van der Waals surface area contributed by atoms with Crippen molar-refractivity contribution in [2.45, 2.75) is 6.10 Å². The minimum Gasteiger partial charge on any atom is -0.748 e. The van der Waals surface area contributed by atoms with Crippen LogP contribution in [-0.4, -0.2) is 43.0 Å². The molecule has 7 nitrogen and oxygen atoms in total. The number of aromatic nitrogens is 2. The molecule has 0 bridgehead atoms. The molecule has 1 aromatic heterocycles. The lowest BCUT2D eigenvalue weighted by atomic mass is 10.3. The van der Waals surface area contributed by atoms with Gasteiger partial charge >= 0.3 is 0 Å². The van der Waals surface area contributed by atoms with E-state index in [1.165, 1.54) is 0 Å². The fourth-order valence-corrected chi connectivity index (χ4v) is 1.01. The van der Waals surface area contributed by atoms with E-state index in [1.54, 1.807) is 13.3 Å². The van der Waals surface area contributed by atoms with E-state index < -0.39 is 10.1 Å². The van der Waals surface area contributed by atoms with Gasteiger partial charge in [-0.1, -0.05) is 0 Å². The highest BCUT2D eigenvalue weighted by Crippen LogP contribution is 2.07. The zero-order valence-corrected chi connectivity index (χ0v) is 10.2. The van der Waals surface area contributed by atoms with Crippen molar-refractivity contribution < 1.29 is 27.4 Å². The fraction of sp³-hybridized carbons (Fsp3) is 0.625. The van der Waals surface area contributed by atoms with E-state index in [2.05, 4.69) is 4.98 Å². The summed E-state index contributed by atoms with van der Waals surface area (Å²) in [4.78, 5) is 2.99. The molecule has 8 heteroatoms. The second kappa shape index (κ2) is 6.59. The van der Waals surface area contributed by atoms with E-state index >= 15 is 0 Å². The van der Waals surface area contributed by atoms with Crippen molar-refractivity contribution in [2.75, 3.05) is 20.0 Å². The van der Waals surface area contributed by atoms with Gasteiger partial charge in [0, 0.05) is 13.4 Å². The molecule has 0 radical (unpaired) electrons. The van der Waals surface area contributed by atoms with Gasteiger partial charge in [0.25, 0.3) is 5.82 Å². The molecule has 0 aromatic carbocycles. The van der Waals surface area contributed by atoms with E-state index in [9.17, 15) is 0 Å². The summed E-state index contributed by atoms with van der Waals surface area (Å²) in [6, 6.07) is 0. The summed E-state index contributed by atoms with van der Waals surface area (Å²) in [5.41, 5.74) is 0. The quantitative estimate of drug-likeness (QED) is 0.512. The van der Waals surface area contributed by atoms with Gasteiger partial charge in [0.15, 0.2) is 6.10 Å². The Morgan fingerprint density at radius 2 is 2.19 bits per heavy atom. The molecule has 0 aliphatic heterocycles. The lowest BCUT2D eigenvalue weighted by Gasteiger charge is -2.05. The summed E-state index contributed by atoms with van der Waals surface area (Å²) >= 11 is 0. The third kappa shape index (κ3) is 6.51. The SMILES string of the molecule is COC(CO)c1[nH]cc[n+]1C.CS(=O)(=O)[O-]. The average molecular weight is 252 g/mol. The maximum Gasteiger partial charge on any atom is 0.286 e. The molecule has 0 fully saturated rings. The number of rotatable bonds is 3. The highest BCUT2D eigenvalue weighted by Gasteiger charge is 2.19. The highest BCUT2D eigenvalue weighted by atomic mass is 32.2. The van der Waals surface area contributed by atoms with E-state index in [1.807, 2.05) is 17.8 Å². The molecule has 0 amide bonds. The topological polar surface area (TPSA) is 106 Å². The number of ether oxygens (including phenoxy) is 1. The minimum absolute atomic E-state index is 0.00907. The van der Waals surface area contributed by atoms with Crippen molar-refractivity contribution in [3.8, 4) is 0 Å². The van der Waals surface area contributed by atoms with Gasteiger partial charge in [-0.25, -0.2) is 18.0 Å². The van der Waals surface area contributed by atoms with Crippen molar-refractivity contribution in [1.29, 1.82) is 0 Å². The first-order valence-corrected chi connectivity index (χ1v) is 6.18. The number of aryl methyl sites for hydroxylation is 1. The number of methoxy groups -OCH3 is 1. The third-order valence-electron chi connectivity index (χ3n) is 1.66. The molecule has 2 N–H and O–H groups in total. The van der Waals surface area contributed by atoms with Crippen LogP contribution in [-0.2, 0) is 21.9 Å². The highest BCUT2D eigenvalue weighted by molar-refractivity contribution is 7.84. The van der Waals surface area contributed by atoms with E-state index in [-0.39, 0.29) is 12.7 Å². The summed E-state index contributed by atoms with van der Waals surface area (Å²) in [6.07, 6.45) is 4.02. The molecule has 0 spiro atoms. The van der Waals surface area contributed by atoms with Gasteiger partial charge in [0.1, 0.15) is 12.4 Å². The van der Waals surface area contributed by atoms with Gasteiger partial charge in [0.2, 0.25) is 0 Å². The molecule has 1 atom stereocenters. The lowest BCUT2D eigenvalue weighted by molar-refractivity contribution is -0.681. The Kier molecular flexibility index (Phi) is 6.19.